The molecular weight excluding hydrogens is 314 g/mol. The smallest absolute Gasteiger partial charge is 0.257 e. The van der Waals surface area contributed by atoms with Gasteiger partial charge in [-0.1, -0.05) is 35.9 Å². The van der Waals surface area contributed by atoms with Gasteiger partial charge in [-0.15, -0.1) is 0 Å². The molecule has 0 atom stereocenters. The lowest BCUT2D eigenvalue weighted by Gasteiger charge is -2.11. The lowest BCUT2D eigenvalue weighted by Crippen LogP contribution is -2.30. The van der Waals surface area contributed by atoms with E-state index in [1.54, 1.807) is 0 Å². The van der Waals surface area contributed by atoms with Crippen LogP contribution in [0.15, 0.2) is 42.5 Å². The first-order valence-corrected chi connectivity index (χ1v) is 8.77. The Kier molecular flexibility index (Phi) is 7.33. The maximum absolute atomic E-state index is 11.9. The third-order valence-corrected chi connectivity index (χ3v) is 3.91. The summed E-state index contributed by atoms with van der Waals surface area (Å²) in [5.74, 6) is 1.58. The fraction of sp³-hybridized carbons (Fsp3) is 0.381. The number of aryl methyl sites for hydroxylation is 3. The van der Waals surface area contributed by atoms with Crippen molar-refractivity contribution in [3.05, 3.63) is 59.2 Å². The van der Waals surface area contributed by atoms with Crippen molar-refractivity contribution < 1.29 is 14.3 Å². The van der Waals surface area contributed by atoms with Gasteiger partial charge in [-0.3, -0.25) is 4.79 Å². The molecule has 2 aromatic carbocycles. The van der Waals surface area contributed by atoms with E-state index in [1.807, 2.05) is 57.2 Å². The topological polar surface area (TPSA) is 47.6 Å². The van der Waals surface area contributed by atoms with Gasteiger partial charge in [0.15, 0.2) is 6.61 Å². The Labute approximate surface area is 150 Å². The second kappa shape index (κ2) is 9.72. The molecule has 4 nitrogen and oxygen atoms in total. The highest BCUT2D eigenvalue weighted by Gasteiger charge is 2.06. The molecule has 1 N–H and O–H groups in total. The number of amides is 1. The van der Waals surface area contributed by atoms with E-state index < -0.39 is 0 Å². The van der Waals surface area contributed by atoms with E-state index >= 15 is 0 Å². The maximum atomic E-state index is 11.9. The average molecular weight is 341 g/mol. The van der Waals surface area contributed by atoms with Gasteiger partial charge in [0.05, 0.1) is 6.61 Å². The Bertz CT molecular complexity index is 697. The zero-order chi connectivity index (χ0) is 18.1. The van der Waals surface area contributed by atoms with Crippen molar-refractivity contribution >= 4 is 5.91 Å². The Morgan fingerprint density at radius 2 is 1.84 bits per heavy atom. The largest absolute Gasteiger partial charge is 0.494 e. The van der Waals surface area contributed by atoms with E-state index in [0.717, 1.165) is 29.9 Å². The normalized spacial score (nSPS) is 10.4. The molecule has 1 amide bonds. The van der Waals surface area contributed by atoms with Crippen LogP contribution in [-0.2, 0) is 11.2 Å². The maximum Gasteiger partial charge on any atom is 0.257 e. The van der Waals surface area contributed by atoms with Crippen LogP contribution in [0.3, 0.4) is 0 Å². The van der Waals surface area contributed by atoms with Crippen molar-refractivity contribution in [2.75, 3.05) is 19.8 Å². The van der Waals surface area contributed by atoms with Gasteiger partial charge in [0.1, 0.15) is 11.5 Å². The molecule has 2 rings (SSSR count). The Balaban J connectivity index is 1.70. The molecule has 0 spiro atoms. The molecule has 0 unspecified atom stereocenters. The van der Waals surface area contributed by atoms with Crippen LogP contribution in [0.4, 0.5) is 0 Å². The standard InChI is InChI=1S/C21H27NO3/c1-4-24-20-10-6-5-8-18(20)9-7-13-22-21(23)15-25-19-12-11-16(2)14-17(19)3/h5-6,8,10-12,14H,4,7,9,13,15H2,1-3H3,(H,22,23). The van der Waals surface area contributed by atoms with Crippen LogP contribution in [0, 0.1) is 13.8 Å². The minimum absolute atomic E-state index is 0.0411. The van der Waals surface area contributed by atoms with Crippen LogP contribution >= 0.6 is 0 Å². The molecule has 2 aromatic rings. The molecule has 0 aliphatic rings. The number of nitrogens with one attached hydrogen (secondary N) is 1. The summed E-state index contributed by atoms with van der Waals surface area (Å²) in [5.41, 5.74) is 3.40. The van der Waals surface area contributed by atoms with Crippen molar-refractivity contribution in [2.45, 2.75) is 33.6 Å². The zero-order valence-electron chi connectivity index (χ0n) is 15.3. The van der Waals surface area contributed by atoms with Gasteiger partial charge in [0.25, 0.3) is 5.91 Å². The van der Waals surface area contributed by atoms with Crippen LogP contribution in [0.2, 0.25) is 0 Å². The predicted octanol–water partition coefficient (Wildman–Crippen LogP) is 3.83. The number of ether oxygens (including phenoxy) is 2. The molecule has 0 saturated carbocycles. The number of rotatable bonds is 9. The Morgan fingerprint density at radius 1 is 1.04 bits per heavy atom. The summed E-state index contributed by atoms with van der Waals surface area (Å²) in [7, 11) is 0. The van der Waals surface area contributed by atoms with E-state index in [9.17, 15) is 4.79 Å². The van der Waals surface area contributed by atoms with Gasteiger partial charge >= 0.3 is 0 Å². The monoisotopic (exact) mass is 341 g/mol. The van der Waals surface area contributed by atoms with E-state index in [1.165, 1.54) is 11.1 Å². The van der Waals surface area contributed by atoms with Gasteiger partial charge in [-0.05, 0) is 56.9 Å². The third-order valence-electron chi connectivity index (χ3n) is 3.91. The first-order valence-electron chi connectivity index (χ1n) is 8.77. The Morgan fingerprint density at radius 3 is 2.60 bits per heavy atom. The zero-order valence-corrected chi connectivity index (χ0v) is 15.3. The number of hydrogen-bond acceptors (Lipinski definition) is 3. The summed E-state index contributed by atoms with van der Waals surface area (Å²) in [6, 6.07) is 14.0. The SMILES string of the molecule is CCOc1ccccc1CCCNC(=O)COc1ccc(C)cc1C. The molecule has 0 radical (unpaired) electrons. The van der Waals surface area contributed by atoms with Gasteiger partial charge in [0.2, 0.25) is 0 Å². The van der Waals surface area contributed by atoms with Crippen molar-refractivity contribution in [3.63, 3.8) is 0 Å². The summed E-state index contributed by atoms with van der Waals surface area (Å²) >= 11 is 0. The van der Waals surface area contributed by atoms with Crippen LogP contribution in [0.5, 0.6) is 11.5 Å². The van der Waals surface area contributed by atoms with Crippen LogP contribution in [-0.4, -0.2) is 25.7 Å². The number of hydrogen-bond donors (Lipinski definition) is 1. The van der Waals surface area contributed by atoms with Gasteiger partial charge in [-0.2, -0.15) is 0 Å². The van der Waals surface area contributed by atoms with Crippen LogP contribution < -0.4 is 14.8 Å². The van der Waals surface area contributed by atoms with E-state index in [2.05, 4.69) is 11.4 Å². The minimum atomic E-state index is -0.0990. The number of carbonyl (C=O) groups excluding carboxylic acids is 1. The first kappa shape index (κ1) is 18.8. The molecule has 0 bridgehead atoms. The highest BCUT2D eigenvalue weighted by atomic mass is 16.5. The highest BCUT2D eigenvalue weighted by molar-refractivity contribution is 5.77. The quantitative estimate of drug-likeness (QED) is 0.705. The first-order chi connectivity index (χ1) is 12.1. The van der Waals surface area contributed by atoms with Crippen molar-refractivity contribution in [3.8, 4) is 11.5 Å². The lowest BCUT2D eigenvalue weighted by atomic mass is 10.1. The van der Waals surface area contributed by atoms with Crippen molar-refractivity contribution in [2.24, 2.45) is 0 Å². The van der Waals surface area contributed by atoms with Gasteiger partial charge < -0.3 is 14.8 Å². The van der Waals surface area contributed by atoms with Crippen LogP contribution in [0.25, 0.3) is 0 Å². The fourth-order valence-electron chi connectivity index (χ4n) is 2.67. The molecule has 134 valence electrons. The van der Waals surface area contributed by atoms with Crippen molar-refractivity contribution in [1.82, 2.24) is 5.32 Å². The van der Waals surface area contributed by atoms with E-state index in [0.29, 0.717) is 13.2 Å². The van der Waals surface area contributed by atoms with Crippen molar-refractivity contribution in [1.29, 1.82) is 0 Å². The molecule has 0 aromatic heterocycles. The molecule has 0 aliphatic carbocycles. The number of benzene rings is 2. The summed E-state index contributed by atoms with van der Waals surface area (Å²) in [4.78, 5) is 11.9. The highest BCUT2D eigenvalue weighted by Crippen LogP contribution is 2.19. The molecule has 0 saturated heterocycles. The average Bonchev–Trinajstić information content (AvgIpc) is 2.59. The predicted molar refractivity (Wildman–Crippen MR) is 100 cm³/mol. The second-order valence-corrected chi connectivity index (χ2v) is 6.05. The molecule has 0 heterocycles. The summed E-state index contributed by atoms with van der Waals surface area (Å²) in [6.07, 6.45) is 1.73. The summed E-state index contributed by atoms with van der Waals surface area (Å²) in [5, 5.41) is 2.90. The summed E-state index contributed by atoms with van der Waals surface area (Å²) < 4.78 is 11.2. The summed E-state index contributed by atoms with van der Waals surface area (Å²) in [6.45, 7) is 7.31. The van der Waals surface area contributed by atoms with Crippen LogP contribution in [0.1, 0.15) is 30.0 Å². The van der Waals surface area contributed by atoms with E-state index in [-0.39, 0.29) is 12.5 Å². The van der Waals surface area contributed by atoms with E-state index in [4.69, 9.17) is 9.47 Å². The van der Waals surface area contributed by atoms with Gasteiger partial charge in [0, 0.05) is 6.54 Å². The fourth-order valence-corrected chi connectivity index (χ4v) is 2.67. The minimum Gasteiger partial charge on any atom is -0.494 e. The number of carbonyl (C=O) groups is 1. The molecule has 4 heteroatoms. The molecule has 0 aliphatic heterocycles. The number of para-hydroxylation sites is 1. The molecule has 0 fully saturated rings. The second-order valence-electron chi connectivity index (χ2n) is 6.05. The lowest BCUT2D eigenvalue weighted by molar-refractivity contribution is -0.123. The van der Waals surface area contributed by atoms with Gasteiger partial charge in [-0.25, -0.2) is 0 Å². The molecular formula is C21H27NO3. The third kappa shape index (κ3) is 6.14. The molecule has 25 heavy (non-hydrogen) atoms. The Hall–Kier alpha value is -2.49.